The molecular formula is C16H18N2O2S. The van der Waals surface area contributed by atoms with E-state index in [1.165, 1.54) is 15.3 Å². The van der Waals surface area contributed by atoms with Crippen molar-refractivity contribution in [3.05, 3.63) is 45.1 Å². The Balaban J connectivity index is 1.60. The molecule has 0 unspecified atom stereocenters. The molecule has 4 nitrogen and oxygen atoms in total. The first-order valence-electron chi connectivity index (χ1n) is 6.94. The first-order valence-corrected chi connectivity index (χ1v) is 7.75. The molecular weight excluding hydrogens is 284 g/mol. The van der Waals surface area contributed by atoms with E-state index in [-0.39, 0.29) is 12.5 Å². The van der Waals surface area contributed by atoms with Gasteiger partial charge in [0.25, 0.3) is 5.91 Å². The number of aryl methyl sites for hydroxylation is 2. The maximum atomic E-state index is 11.3. The standard InChI is InChI=1S/C16H18N2O2S/c1-10-5-13(21-11(10)2)8-17-7-12-3-4-15-14(6-12)18-16(19)9-20-15/h3-6,17H,7-9H2,1-2H3,(H,18,19). The molecule has 0 saturated heterocycles. The number of benzene rings is 1. The third-order valence-electron chi connectivity index (χ3n) is 3.52. The van der Waals surface area contributed by atoms with Crippen molar-refractivity contribution in [3.63, 3.8) is 0 Å². The first-order chi connectivity index (χ1) is 10.1. The van der Waals surface area contributed by atoms with Crippen LogP contribution in [0, 0.1) is 13.8 Å². The van der Waals surface area contributed by atoms with Gasteiger partial charge in [0.2, 0.25) is 0 Å². The topological polar surface area (TPSA) is 50.4 Å². The Bertz CT molecular complexity index is 659. The molecule has 5 heteroatoms. The molecule has 0 fully saturated rings. The number of fused-ring (bicyclic) bond motifs is 1. The van der Waals surface area contributed by atoms with Crippen molar-refractivity contribution in [1.29, 1.82) is 0 Å². The molecule has 2 aromatic rings. The second-order valence-electron chi connectivity index (χ2n) is 5.22. The van der Waals surface area contributed by atoms with Gasteiger partial charge >= 0.3 is 0 Å². The van der Waals surface area contributed by atoms with Crippen LogP contribution in [0.1, 0.15) is 20.9 Å². The highest BCUT2D eigenvalue weighted by Crippen LogP contribution is 2.28. The lowest BCUT2D eigenvalue weighted by molar-refractivity contribution is -0.118. The van der Waals surface area contributed by atoms with E-state index < -0.39 is 0 Å². The van der Waals surface area contributed by atoms with Gasteiger partial charge in [-0.1, -0.05) is 6.07 Å². The number of amides is 1. The number of carbonyl (C=O) groups excluding carboxylic acids is 1. The van der Waals surface area contributed by atoms with Gasteiger partial charge in [-0.3, -0.25) is 4.79 Å². The zero-order valence-electron chi connectivity index (χ0n) is 12.2. The van der Waals surface area contributed by atoms with Crippen LogP contribution < -0.4 is 15.4 Å². The molecule has 2 heterocycles. The van der Waals surface area contributed by atoms with Crippen molar-refractivity contribution in [1.82, 2.24) is 5.32 Å². The van der Waals surface area contributed by atoms with Crippen LogP contribution >= 0.6 is 11.3 Å². The summed E-state index contributed by atoms with van der Waals surface area (Å²) in [6.45, 7) is 6.01. The van der Waals surface area contributed by atoms with E-state index in [1.807, 2.05) is 29.5 Å². The lowest BCUT2D eigenvalue weighted by Crippen LogP contribution is -2.25. The summed E-state index contributed by atoms with van der Waals surface area (Å²) in [6, 6.07) is 8.12. The van der Waals surface area contributed by atoms with Crippen LogP contribution in [0.15, 0.2) is 24.3 Å². The third-order valence-corrected chi connectivity index (χ3v) is 4.67. The van der Waals surface area contributed by atoms with Gasteiger partial charge in [-0.15, -0.1) is 11.3 Å². The van der Waals surface area contributed by atoms with Crippen molar-refractivity contribution in [2.75, 3.05) is 11.9 Å². The van der Waals surface area contributed by atoms with Gasteiger partial charge in [0, 0.05) is 22.8 Å². The maximum Gasteiger partial charge on any atom is 0.262 e. The SMILES string of the molecule is Cc1cc(CNCc2ccc3c(c2)NC(=O)CO3)sc1C. The smallest absolute Gasteiger partial charge is 0.262 e. The summed E-state index contributed by atoms with van der Waals surface area (Å²) >= 11 is 1.83. The molecule has 21 heavy (non-hydrogen) atoms. The summed E-state index contributed by atoms with van der Waals surface area (Å²) in [6.07, 6.45) is 0. The van der Waals surface area contributed by atoms with E-state index in [0.717, 1.165) is 30.1 Å². The molecule has 0 aliphatic carbocycles. The van der Waals surface area contributed by atoms with Crippen LogP contribution in [-0.2, 0) is 17.9 Å². The number of hydrogen-bond donors (Lipinski definition) is 2. The summed E-state index contributed by atoms with van der Waals surface area (Å²) in [7, 11) is 0. The van der Waals surface area contributed by atoms with E-state index >= 15 is 0 Å². The molecule has 0 atom stereocenters. The largest absolute Gasteiger partial charge is 0.482 e. The predicted octanol–water partition coefficient (Wildman–Crippen LogP) is 2.99. The molecule has 2 N–H and O–H groups in total. The van der Waals surface area contributed by atoms with Gasteiger partial charge in [0.1, 0.15) is 5.75 Å². The fourth-order valence-electron chi connectivity index (χ4n) is 2.31. The summed E-state index contributed by atoms with van der Waals surface area (Å²) in [4.78, 5) is 14.0. The monoisotopic (exact) mass is 302 g/mol. The van der Waals surface area contributed by atoms with Crippen molar-refractivity contribution < 1.29 is 9.53 Å². The van der Waals surface area contributed by atoms with E-state index in [2.05, 4.69) is 30.5 Å². The van der Waals surface area contributed by atoms with Crippen molar-refractivity contribution >= 4 is 22.9 Å². The van der Waals surface area contributed by atoms with E-state index in [0.29, 0.717) is 0 Å². The molecule has 0 radical (unpaired) electrons. The molecule has 0 saturated carbocycles. The van der Waals surface area contributed by atoms with Gasteiger partial charge in [-0.25, -0.2) is 0 Å². The van der Waals surface area contributed by atoms with Gasteiger partial charge in [0.15, 0.2) is 6.61 Å². The molecule has 3 rings (SSSR count). The van der Waals surface area contributed by atoms with Crippen molar-refractivity contribution in [2.45, 2.75) is 26.9 Å². The quantitative estimate of drug-likeness (QED) is 0.913. The van der Waals surface area contributed by atoms with Crippen molar-refractivity contribution in [2.24, 2.45) is 0 Å². The van der Waals surface area contributed by atoms with Crippen LogP contribution in [0.4, 0.5) is 5.69 Å². The normalized spacial score (nSPS) is 13.5. The van der Waals surface area contributed by atoms with E-state index in [4.69, 9.17) is 4.74 Å². The maximum absolute atomic E-state index is 11.3. The van der Waals surface area contributed by atoms with Crippen LogP contribution in [0.5, 0.6) is 5.75 Å². The lowest BCUT2D eigenvalue weighted by atomic mass is 10.1. The Morgan fingerprint density at radius 2 is 2.14 bits per heavy atom. The highest BCUT2D eigenvalue weighted by atomic mass is 32.1. The lowest BCUT2D eigenvalue weighted by Gasteiger charge is -2.18. The van der Waals surface area contributed by atoms with Gasteiger partial charge < -0.3 is 15.4 Å². The number of rotatable bonds is 4. The molecule has 0 spiro atoms. The van der Waals surface area contributed by atoms with Crippen LogP contribution in [0.2, 0.25) is 0 Å². The fourth-order valence-corrected chi connectivity index (χ4v) is 3.33. The Morgan fingerprint density at radius 3 is 2.90 bits per heavy atom. The number of anilines is 1. The average Bonchev–Trinajstić information content (AvgIpc) is 2.77. The summed E-state index contributed by atoms with van der Waals surface area (Å²) in [5.41, 5.74) is 3.24. The number of nitrogens with one attached hydrogen (secondary N) is 2. The minimum absolute atomic E-state index is 0.0989. The fraction of sp³-hybridized carbons (Fsp3) is 0.312. The molecule has 1 aliphatic heterocycles. The van der Waals surface area contributed by atoms with Gasteiger partial charge in [-0.05, 0) is 43.2 Å². The number of carbonyl (C=O) groups is 1. The van der Waals surface area contributed by atoms with E-state index in [9.17, 15) is 4.79 Å². The zero-order valence-corrected chi connectivity index (χ0v) is 13.0. The minimum atomic E-state index is -0.0999. The molecule has 0 bridgehead atoms. The van der Waals surface area contributed by atoms with Gasteiger partial charge in [0.05, 0.1) is 5.69 Å². The molecule has 110 valence electrons. The summed E-state index contributed by atoms with van der Waals surface area (Å²) in [5, 5.41) is 6.26. The molecule has 1 aromatic carbocycles. The highest BCUT2D eigenvalue weighted by molar-refractivity contribution is 7.12. The number of hydrogen-bond acceptors (Lipinski definition) is 4. The summed E-state index contributed by atoms with van der Waals surface area (Å²) < 4.78 is 5.35. The first kappa shape index (κ1) is 14.1. The third kappa shape index (κ3) is 3.25. The van der Waals surface area contributed by atoms with Crippen LogP contribution in [0.25, 0.3) is 0 Å². The number of ether oxygens (including phenoxy) is 1. The summed E-state index contributed by atoms with van der Waals surface area (Å²) in [5.74, 6) is 0.639. The Labute approximate surface area is 128 Å². The van der Waals surface area contributed by atoms with Crippen LogP contribution in [0.3, 0.4) is 0 Å². The molecule has 1 aromatic heterocycles. The second kappa shape index (κ2) is 5.87. The average molecular weight is 302 g/mol. The predicted molar refractivity (Wildman–Crippen MR) is 84.9 cm³/mol. The Kier molecular flexibility index (Phi) is 3.94. The van der Waals surface area contributed by atoms with Crippen LogP contribution in [-0.4, -0.2) is 12.5 Å². The molecule has 1 aliphatic rings. The highest BCUT2D eigenvalue weighted by Gasteiger charge is 2.15. The van der Waals surface area contributed by atoms with E-state index in [1.54, 1.807) is 0 Å². The Morgan fingerprint density at radius 1 is 1.29 bits per heavy atom. The number of thiophene rings is 1. The van der Waals surface area contributed by atoms with Gasteiger partial charge in [-0.2, -0.15) is 0 Å². The second-order valence-corrected chi connectivity index (χ2v) is 6.56. The van der Waals surface area contributed by atoms with Crippen molar-refractivity contribution in [3.8, 4) is 5.75 Å². The minimum Gasteiger partial charge on any atom is -0.482 e. The Hall–Kier alpha value is -1.85. The molecule has 1 amide bonds. The zero-order chi connectivity index (χ0) is 14.8.